The van der Waals surface area contributed by atoms with Crippen molar-refractivity contribution >= 4 is 39.7 Å². The minimum Gasteiger partial charge on any atom is -0.330 e. The molecule has 0 amide bonds. The molecule has 0 aromatic carbocycles. The van der Waals surface area contributed by atoms with E-state index < -0.39 is 0 Å². The van der Waals surface area contributed by atoms with E-state index in [1.807, 2.05) is 6.20 Å². The highest BCUT2D eigenvalue weighted by Crippen LogP contribution is 2.21. The van der Waals surface area contributed by atoms with Crippen LogP contribution < -0.4 is 5.73 Å². The van der Waals surface area contributed by atoms with Gasteiger partial charge in [0.25, 0.3) is 0 Å². The maximum atomic E-state index is 5.70. The van der Waals surface area contributed by atoms with E-state index in [1.54, 1.807) is 11.3 Å². The van der Waals surface area contributed by atoms with E-state index >= 15 is 0 Å². The summed E-state index contributed by atoms with van der Waals surface area (Å²) in [6, 6.07) is 0. The van der Waals surface area contributed by atoms with Crippen LogP contribution in [0.2, 0.25) is 0 Å². The van der Waals surface area contributed by atoms with Crippen LogP contribution in [-0.4, -0.2) is 30.0 Å². The van der Waals surface area contributed by atoms with Gasteiger partial charge in [-0.15, -0.1) is 23.7 Å². The second-order valence-electron chi connectivity index (χ2n) is 4.60. The van der Waals surface area contributed by atoms with Crippen molar-refractivity contribution in [2.24, 2.45) is 11.1 Å². The summed E-state index contributed by atoms with van der Waals surface area (Å²) in [5.41, 5.74) is 5.87. The van der Waals surface area contributed by atoms with Crippen LogP contribution in [0, 0.1) is 5.41 Å². The summed E-state index contributed by atoms with van der Waals surface area (Å²) in [5, 5.41) is 1.14. The molecule has 1 heterocycles. The number of hydrogen-bond acceptors (Lipinski definition) is 4. The first kappa shape index (κ1) is 16.3. The molecule has 0 bridgehead atoms. The highest BCUT2D eigenvalue weighted by molar-refractivity contribution is 9.11. The normalized spacial score (nSPS) is 11.6. The molecule has 0 aliphatic heterocycles. The molecular formula is C10H19BrClN3S. The Kier molecular flexibility index (Phi) is 7.05. The number of aromatic nitrogens is 1. The molecule has 0 aliphatic rings. The molecule has 16 heavy (non-hydrogen) atoms. The lowest BCUT2D eigenvalue weighted by Crippen LogP contribution is -2.36. The van der Waals surface area contributed by atoms with Gasteiger partial charge in [0.15, 0.2) is 0 Å². The quantitative estimate of drug-likeness (QED) is 0.903. The topological polar surface area (TPSA) is 42.2 Å². The van der Waals surface area contributed by atoms with Gasteiger partial charge in [0, 0.05) is 6.54 Å². The summed E-state index contributed by atoms with van der Waals surface area (Å²) in [6.07, 6.45) is 1.85. The van der Waals surface area contributed by atoms with E-state index in [-0.39, 0.29) is 17.8 Å². The summed E-state index contributed by atoms with van der Waals surface area (Å²) in [4.78, 5) is 6.57. The molecule has 0 saturated heterocycles. The molecule has 0 fully saturated rings. The highest BCUT2D eigenvalue weighted by Gasteiger charge is 2.18. The van der Waals surface area contributed by atoms with E-state index in [0.717, 1.165) is 21.9 Å². The lowest BCUT2D eigenvalue weighted by molar-refractivity contribution is 0.209. The Morgan fingerprint density at radius 3 is 2.62 bits per heavy atom. The van der Waals surface area contributed by atoms with Crippen molar-refractivity contribution in [3.63, 3.8) is 0 Å². The molecule has 0 saturated carbocycles. The van der Waals surface area contributed by atoms with E-state index in [4.69, 9.17) is 5.73 Å². The Hall–Kier alpha value is 0.320. The number of thiazole rings is 1. The number of nitrogens with zero attached hydrogens (tertiary/aromatic N) is 2. The van der Waals surface area contributed by atoms with Gasteiger partial charge in [-0.25, -0.2) is 4.98 Å². The van der Waals surface area contributed by atoms with Crippen LogP contribution in [0.1, 0.15) is 18.9 Å². The molecule has 2 N–H and O–H groups in total. The van der Waals surface area contributed by atoms with E-state index in [2.05, 4.69) is 46.7 Å². The summed E-state index contributed by atoms with van der Waals surface area (Å²) in [6.45, 7) is 6.95. The first-order valence-electron chi connectivity index (χ1n) is 4.92. The predicted molar refractivity (Wildman–Crippen MR) is 76.2 cm³/mol. The van der Waals surface area contributed by atoms with E-state index in [0.29, 0.717) is 6.54 Å². The summed E-state index contributed by atoms with van der Waals surface area (Å²) in [5.74, 6) is 0. The largest absolute Gasteiger partial charge is 0.330 e. The molecule has 1 aromatic heterocycles. The van der Waals surface area contributed by atoms with E-state index in [1.165, 1.54) is 0 Å². The summed E-state index contributed by atoms with van der Waals surface area (Å²) >= 11 is 5.10. The van der Waals surface area contributed by atoms with Crippen LogP contribution >= 0.6 is 39.7 Å². The maximum absolute atomic E-state index is 5.70. The molecule has 0 aliphatic carbocycles. The van der Waals surface area contributed by atoms with Gasteiger partial charge in [0.1, 0.15) is 5.01 Å². The Morgan fingerprint density at radius 1 is 1.56 bits per heavy atom. The average molecular weight is 329 g/mol. The van der Waals surface area contributed by atoms with Gasteiger partial charge in [0.2, 0.25) is 0 Å². The first-order chi connectivity index (χ1) is 6.93. The number of hydrogen-bond donors (Lipinski definition) is 1. The van der Waals surface area contributed by atoms with Crippen LogP contribution in [0.3, 0.4) is 0 Å². The SMILES string of the molecule is CN(Cc1ncc(Br)s1)CC(C)(C)CN.Cl. The Balaban J connectivity index is 0.00000225. The van der Waals surface area contributed by atoms with E-state index in [9.17, 15) is 0 Å². The van der Waals surface area contributed by atoms with Gasteiger partial charge >= 0.3 is 0 Å². The molecule has 3 nitrogen and oxygen atoms in total. The second-order valence-corrected chi connectivity index (χ2v) is 7.09. The van der Waals surface area contributed by atoms with Crippen LogP contribution in [0.15, 0.2) is 9.98 Å². The Bertz CT molecular complexity index is 317. The molecule has 1 aromatic rings. The summed E-state index contributed by atoms with van der Waals surface area (Å²) < 4.78 is 1.09. The average Bonchev–Trinajstić information content (AvgIpc) is 2.50. The van der Waals surface area contributed by atoms with Crippen LogP contribution in [0.5, 0.6) is 0 Å². The lowest BCUT2D eigenvalue weighted by Gasteiger charge is -2.28. The third kappa shape index (κ3) is 5.59. The van der Waals surface area contributed by atoms with Crippen molar-refractivity contribution in [3.8, 4) is 0 Å². The molecule has 0 unspecified atom stereocenters. The molecule has 0 atom stereocenters. The van der Waals surface area contributed by atoms with Gasteiger partial charge in [0.05, 0.1) is 16.5 Å². The smallest absolute Gasteiger partial charge is 0.108 e. The zero-order valence-electron chi connectivity index (χ0n) is 9.86. The second kappa shape index (κ2) is 6.91. The zero-order valence-corrected chi connectivity index (χ0v) is 13.1. The van der Waals surface area contributed by atoms with Crippen molar-refractivity contribution in [1.29, 1.82) is 0 Å². The number of nitrogens with two attached hydrogens (primary N) is 1. The minimum absolute atomic E-state index is 0. The fraction of sp³-hybridized carbons (Fsp3) is 0.700. The fourth-order valence-corrected chi connectivity index (χ4v) is 2.83. The standard InChI is InChI=1S/C10H18BrN3S.ClH/c1-10(2,6-12)7-14(3)5-9-13-4-8(11)15-9;/h4H,5-7,12H2,1-3H3;1H. The fourth-order valence-electron chi connectivity index (χ4n) is 1.44. The molecule has 6 heteroatoms. The number of halogens is 2. The minimum atomic E-state index is 0. The van der Waals surface area contributed by atoms with Gasteiger partial charge in [-0.3, -0.25) is 4.90 Å². The predicted octanol–water partition coefficient (Wildman–Crippen LogP) is 2.74. The third-order valence-corrected chi connectivity index (χ3v) is 3.64. The van der Waals surface area contributed by atoms with Crippen molar-refractivity contribution in [2.75, 3.05) is 20.1 Å². The number of rotatable bonds is 5. The molecule has 94 valence electrons. The van der Waals surface area contributed by atoms with Crippen LogP contribution in [-0.2, 0) is 6.54 Å². The molecule has 0 spiro atoms. The summed E-state index contributed by atoms with van der Waals surface area (Å²) in [7, 11) is 2.10. The molecular weight excluding hydrogens is 310 g/mol. The Morgan fingerprint density at radius 2 is 2.19 bits per heavy atom. The van der Waals surface area contributed by atoms with Gasteiger partial charge in [-0.1, -0.05) is 13.8 Å². The lowest BCUT2D eigenvalue weighted by atomic mass is 9.93. The monoisotopic (exact) mass is 327 g/mol. The van der Waals surface area contributed by atoms with Crippen molar-refractivity contribution in [2.45, 2.75) is 20.4 Å². The zero-order chi connectivity index (χ0) is 11.5. The molecule has 1 rings (SSSR count). The van der Waals surface area contributed by atoms with Gasteiger partial charge in [-0.2, -0.15) is 0 Å². The van der Waals surface area contributed by atoms with Crippen LogP contribution in [0.4, 0.5) is 0 Å². The molecule has 0 radical (unpaired) electrons. The van der Waals surface area contributed by atoms with Crippen molar-refractivity contribution in [3.05, 3.63) is 15.0 Å². The van der Waals surface area contributed by atoms with Crippen molar-refractivity contribution < 1.29 is 0 Å². The maximum Gasteiger partial charge on any atom is 0.108 e. The van der Waals surface area contributed by atoms with Crippen LogP contribution in [0.25, 0.3) is 0 Å². The van der Waals surface area contributed by atoms with Crippen molar-refractivity contribution in [1.82, 2.24) is 9.88 Å². The highest BCUT2D eigenvalue weighted by atomic mass is 79.9. The van der Waals surface area contributed by atoms with Gasteiger partial charge < -0.3 is 5.73 Å². The van der Waals surface area contributed by atoms with Gasteiger partial charge in [-0.05, 0) is 34.9 Å². The third-order valence-electron chi connectivity index (χ3n) is 2.18. The first-order valence-corrected chi connectivity index (χ1v) is 6.53. The Labute approximate surface area is 116 Å².